The Morgan fingerprint density at radius 3 is 2.37 bits per heavy atom. The van der Waals surface area contributed by atoms with Gasteiger partial charge in [-0.25, -0.2) is 0 Å². The molecule has 1 unspecified atom stereocenters. The second kappa shape index (κ2) is 6.89. The summed E-state index contributed by atoms with van der Waals surface area (Å²) in [6, 6.07) is -0.486. The lowest BCUT2D eigenvalue weighted by molar-refractivity contribution is -0.142. The standard InChI is InChI=1S/C14H26N2O3/c1-3-7-14(19,8-4-2)10-12(17)16-9-5-6-11(16)13(15)18/h11,19H,3-10H2,1-2H3,(H2,15,18). The van der Waals surface area contributed by atoms with Crippen molar-refractivity contribution >= 4 is 11.8 Å². The number of aliphatic hydroxyl groups is 1. The molecule has 0 aromatic heterocycles. The van der Waals surface area contributed by atoms with Gasteiger partial charge in [0.25, 0.3) is 0 Å². The smallest absolute Gasteiger partial charge is 0.240 e. The summed E-state index contributed by atoms with van der Waals surface area (Å²) in [6.07, 6.45) is 4.44. The van der Waals surface area contributed by atoms with Gasteiger partial charge in [0.2, 0.25) is 11.8 Å². The van der Waals surface area contributed by atoms with Crippen LogP contribution in [0.15, 0.2) is 0 Å². The van der Waals surface area contributed by atoms with Gasteiger partial charge in [-0.1, -0.05) is 26.7 Å². The first-order valence-corrected chi connectivity index (χ1v) is 7.24. The molecule has 5 heteroatoms. The Morgan fingerprint density at radius 2 is 1.89 bits per heavy atom. The Labute approximate surface area is 115 Å². The maximum atomic E-state index is 12.3. The van der Waals surface area contributed by atoms with Crippen molar-refractivity contribution in [2.75, 3.05) is 6.54 Å². The third-order valence-corrected chi connectivity index (χ3v) is 3.81. The van der Waals surface area contributed by atoms with Crippen LogP contribution in [0, 0.1) is 0 Å². The number of hydrogen-bond donors (Lipinski definition) is 2. The fourth-order valence-corrected chi connectivity index (χ4v) is 2.98. The molecule has 1 saturated heterocycles. The van der Waals surface area contributed by atoms with Crippen molar-refractivity contribution in [2.24, 2.45) is 5.73 Å². The maximum absolute atomic E-state index is 12.3. The molecule has 110 valence electrons. The van der Waals surface area contributed by atoms with Crippen LogP contribution < -0.4 is 5.73 Å². The quantitative estimate of drug-likeness (QED) is 0.728. The van der Waals surface area contributed by atoms with Crippen LogP contribution in [0.3, 0.4) is 0 Å². The molecule has 2 amide bonds. The number of hydrogen-bond acceptors (Lipinski definition) is 3. The van der Waals surface area contributed by atoms with Crippen molar-refractivity contribution in [2.45, 2.75) is 70.4 Å². The molecule has 1 heterocycles. The number of likely N-dealkylation sites (tertiary alicyclic amines) is 1. The summed E-state index contributed by atoms with van der Waals surface area (Å²) in [6.45, 7) is 4.56. The summed E-state index contributed by atoms with van der Waals surface area (Å²) in [5.74, 6) is -0.592. The molecular weight excluding hydrogens is 244 g/mol. The molecule has 0 aromatic rings. The highest BCUT2D eigenvalue weighted by Crippen LogP contribution is 2.27. The molecule has 1 aliphatic heterocycles. The Kier molecular flexibility index (Phi) is 5.79. The maximum Gasteiger partial charge on any atom is 0.240 e. The van der Waals surface area contributed by atoms with Crippen molar-refractivity contribution in [1.29, 1.82) is 0 Å². The molecule has 0 saturated carbocycles. The molecule has 1 aliphatic rings. The SMILES string of the molecule is CCCC(O)(CCC)CC(=O)N1CCCC1C(N)=O. The number of rotatable bonds is 7. The van der Waals surface area contributed by atoms with E-state index in [2.05, 4.69) is 0 Å². The lowest BCUT2D eigenvalue weighted by Crippen LogP contribution is -2.46. The van der Waals surface area contributed by atoms with Crippen molar-refractivity contribution in [3.8, 4) is 0 Å². The van der Waals surface area contributed by atoms with Crippen molar-refractivity contribution in [1.82, 2.24) is 4.90 Å². The molecule has 1 rings (SSSR count). The van der Waals surface area contributed by atoms with Crippen LogP contribution in [0.5, 0.6) is 0 Å². The summed E-state index contributed by atoms with van der Waals surface area (Å²) < 4.78 is 0. The highest BCUT2D eigenvalue weighted by atomic mass is 16.3. The second-order valence-corrected chi connectivity index (χ2v) is 5.55. The van der Waals surface area contributed by atoms with Gasteiger partial charge in [-0.15, -0.1) is 0 Å². The van der Waals surface area contributed by atoms with E-state index in [1.54, 1.807) is 4.90 Å². The van der Waals surface area contributed by atoms with E-state index in [-0.39, 0.29) is 12.3 Å². The van der Waals surface area contributed by atoms with Gasteiger partial charge in [-0.2, -0.15) is 0 Å². The third kappa shape index (κ3) is 4.20. The molecule has 0 aliphatic carbocycles. The van der Waals surface area contributed by atoms with E-state index in [0.29, 0.717) is 25.8 Å². The topological polar surface area (TPSA) is 83.6 Å². The first-order valence-electron chi connectivity index (χ1n) is 7.24. The van der Waals surface area contributed by atoms with E-state index in [4.69, 9.17) is 5.73 Å². The zero-order valence-electron chi connectivity index (χ0n) is 12.0. The molecule has 3 N–H and O–H groups in total. The third-order valence-electron chi connectivity index (χ3n) is 3.81. The van der Waals surface area contributed by atoms with E-state index in [0.717, 1.165) is 19.3 Å². The number of carbonyl (C=O) groups excluding carboxylic acids is 2. The zero-order chi connectivity index (χ0) is 14.5. The molecule has 1 fully saturated rings. The van der Waals surface area contributed by atoms with Crippen LogP contribution in [0.25, 0.3) is 0 Å². The van der Waals surface area contributed by atoms with Gasteiger partial charge in [-0.05, 0) is 25.7 Å². The van der Waals surface area contributed by atoms with Crippen molar-refractivity contribution < 1.29 is 14.7 Å². The van der Waals surface area contributed by atoms with Gasteiger partial charge in [0.1, 0.15) is 6.04 Å². The van der Waals surface area contributed by atoms with Crippen molar-refractivity contribution in [3.05, 3.63) is 0 Å². The summed E-state index contributed by atoms with van der Waals surface area (Å²) in [5.41, 5.74) is 4.37. The number of amides is 2. The average Bonchev–Trinajstić information content (AvgIpc) is 2.77. The first-order chi connectivity index (χ1) is 8.93. The number of nitrogens with zero attached hydrogens (tertiary/aromatic N) is 1. The van der Waals surface area contributed by atoms with E-state index in [9.17, 15) is 14.7 Å². The molecule has 0 bridgehead atoms. The second-order valence-electron chi connectivity index (χ2n) is 5.55. The van der Waals surface area contributed by atoms with E-state index in [1.165, 1.54) is 0 Å². The minimum absolute atomic E-state index is 0.0957. The summed E-state index contributed by atoms with van der Waals surface area (Å²) in [5, 5.41) is 10.5. The fraction of sp³-hybridized carbons (Fsp3) is 0.857. The van der Waals surface area contributed by atoms with Gasteiger partial charge in [0, 0.05) is 6.54 Å². The predicted octanol–water partition coefficient (Wildman–Crippen LogP) is 1.18. The van der Waals surface area contributed by atoms with Crippen LogP contribution in [0.4, 0.5) is 0 Å². The molecule has 0 spiro atoms. The summed E-state index contributed by atoms with van der Waals surface area (Å²) in [4.78, 5) is 25.1. The van der Waals surface area contributed by atoms with Gasteiger partial charge in [0.15, 0.2) is 0 Å². The molecule has 0 radical (unpaired) electrons. The first kappa shape index (κ1) is 16.0. The Morgan fingerprint density at radius 1 is 1.32 bits per heavy atom. The number of primary amides is 1. The Bertz CT molecular complexity index is 325. The van der Waals surface area contributed by atoms with Crippen LogP contribution in [-0.2, 0) is 9.59 Å². The molecular formula is C14H26N2O3. The van der Waals surface area contributed by atoms with Gasteiger partial charge in [0.05, 0.1) is 12.0 Å². The molecule has 5 nitrogen and oxygen atoms in total. The lowest BCUT2D eigenvalue weighted by Gasteiger charge is -2.30. The van der Waals surface area contributed by atoms with Crippen LogP contribution >= 0.6 is 0 Å². The van der Waals surface area contributed by atoms with Gasteiger partial charge < -0.3 is 15.7 Å². The monoisotopic (exact) mass is 270 g/mol. The highest BCUT2D eigenvalue weighted by Gasteiger charge is 2.36. The Balaban J connectivity index is 2.68. The minimum Gasteiger partial charge on any atom is -0.389 e. The van der Waals surface area contributed by atoms with E-state index in [1.807, 2.05) is 13.8 Å². The van der Waals surface area contributed by atoms with Gasteiger partial charge in [-0.3, -0.25) is 9.59 Å². The lowest BCUT2D eigenvalue weighted by atomic mass is 9.88. The molecule has 0 aromatic carbocycles. The van der Waals surface area contributed by atoms with E-state index >= 15 is 0 Å². The van der Waals surface area contributed by atoms with Crippen LogP contribution in [0.1, 0.15) is 58.8 Å². The van der Waals surface area contributed by atoms with Crippen molar-refractivity contribution in [3.63, 3.8) is 0 Å². The normalized spacial score (nSPS) is 19.7. The zero-order valence-corrected chi connectivity index (χ0v) is 12.0. The van der Waals surface area contributed by atoms with Crippen LogP contribution in [0.2, 0.25) is 0 Å². The number of carbonyl (C=O) groups is 2. The molecule has 1 atom stereocenters. The fourth-order valence-electron chi connectivity index (χ4n) is 2.98. The largest absolute Gasteiger partial charge is 0.389 e. The minimum atomic E-state index is -0.939. The molecule has 19 heavy (non-hydrogen) atoms. The van der Waals surface area contributed by atoms with Crippen LogP contribution in [-0.4, -0.2) is 40.0 Å². The average molecular weight is 270 g/mol. The van der Waals surface area contributed by atoms with Gasteiger partial charge >= 0.3 is 0 Å². The summed E-state index contributed by atoms with van der Waals surface area (Å²) in [7, 11) is 0. The summed E-state index contributed by atoms with van der Waals surface area (Å²) >= 11 is 0. The predicted molar refractivity (Wildman–Crippen MR) is 73.3 cm³/mol. The van der Waals surface area contributed by atoms with E-state index < -0.39 is 17.6 Å². The Hall–Kier alpha value is -1.10. The number of nitrogens with two attached hydrogens (primary N) is 1. The highest BCUT2D eigenvalue weighted by molar-refractivity contribution is 5.87.